The number of carbonyl (C=O) groups excluding carboxylic acids is 1. The van der Waals surface area contributed by atoms with Crippen LogP contribution in [-0.4, -0.2) is 35.3 Å². The maximum atomic E-state index is 12.7. The summed E-state index contributed by atoms with van der Waals surface area (Å²) in [6.45, 7) is 1.59. The lowest BCUT2D eigenvalue weighted by molar-refractivity contribution is 0.101. The Balaban J connectivity index is 1.77. The average molecular weight is 369 g/mol. The van der Waals surface area contributed by atoms with Gasteiger partial charge in [0.05, 0.1) is 22.8 Å². The zero-order valence-corrected chi connectivity index (χ0v) is 15.3. The molecular weight excluding hydrogens is 350 g/mol. The molecule has 1 heterocycles. The van der Waals surface area contributed by atoms with E-state index in [1.807, 2.05) is 30.3 Å². The predicted octanol–water partition coefficient (Wildman–Crippen LogP) is 2.90. The lowest BCUT2D eigenvalue weighted by atomic mass is 10.2. The number of benzene rings is 2. The molecule has 0 saturated heterocycles. The molecule has 0 aliphatic rings. The Morgan fingerprint density at radius 2 is 1.69 bits per heavy atom. The van der Waals surface area contributed by atoms with Crippen molar-refractivity contribution in [3.8, 4) is 5.69 Å². The number of sulfonamides is 1. The Kier molecular flexibility index (Phi) is 5.01. The van der Waals surface area contributed by atoms with Crippen LogP contribution in [0.5, 0.6) is 0 Å². The van der Waals surface area contributed by atoms with Crippen LogP contribution in [0.25, 0.3) is 5.69 Å². The van der Waals surface area contributed by atoms with E-state index in [-0.39, 0.29) is 17.2 Å². The molecule has 3 rings (SSSR count). The third-order valence-corrected chi connectivity index (χ3v) is 5.84. The van der Waals surface area contributed by atoms with Crippen molar-refractivity contribution in [3.63, 3.8) is 0 Å². The van der Waals surface area contributed by atoms with Crippen LogP contribution >= 0.6 is 0 Å². The number of hydrogen-bond donors (Lipinski definition) is 0. The van der Waals surface area contributed by atoms with Crippen LogP contribution in [0.4, 0.5) is 0 Å². The summed E-state index contributed by atoms with van der Waals surface area (Å²) in [6, 6.07) is 17.3. The molecule has 0 aliphatic carbocycles. The van der Waals surface area contributed by atoms with Crippen LogP contribution in [-0.2, 0) is 16.6 Å². The SMILES string of the molecule is CC(=O)c1ccc(S(=O)(=O)N(C)Cc2ccn(-c3ccccc3)n2)cc1. The van der Waals surface area contributed by atoms with Crippen molar-refractivity contribution in [1.29, 1.82) is 0 Å². The van der Waals surface area contributed by atoms with Crippen molar-refractivity contribution < 1.29 is 13.2 Å². The molecule has 0 saturated carbocycles. The molecule has 1 aromatic heterocycles. The minimum atomic E-state index is -3.66. The van der Waals surface area contributed by atoms with Crippen LogP contribution in [0.15, 0.2) is 71.8 Å². The van der Waals surface area contributed by atoms with Gasteiger partial charge in [-0.3, -0.25) is 4.79 Å². The van der Waals surface area contributed by atoms with Crippen LogP contribution in [0, 0.1) is 0 Å². The number of rotatable bonds is 6. The van der Waals surface area contributed by atoms with E-state index in [4.69, 9.17) is 0 Å². The Bertz CT molecular complexity index is 1010. The number of aromatic nitrogens is 2. The van der Waals surface area contributed by atoms with Gasteiger partial charge < -0.3 is 0 Å². The maximum Gasteiger partial charge on any atom is 0.243 e. The Hall–Kier alpha value is -2.77. The topological polar surface area (TPSA) is 72.3 Å². The molecule has 26 heavy (non-hydrogen) atoms. The van der Waals surface area contributed by atoms with Gasteiger partial charge in [0.2, 0.25) is 10.0 Å². The number of nitrogens with zero attached hydrogens (tertiary/aromatic N) is 3. The van der Waals surface area contributed by atoms with E-state index in [0.29, 0.717) is 11.3 Å². The van der Waals surface area contributed by atoms with Gasteiger partial charge >= 0.3 is 0 Å². The van der Waals surface area contributed by atoms with Crippen molar-refractivity contribution in [2.24, 2.45) is 0 Å². The molecule has 0 fully saturated rings. The van der Waals surface area contributed by atoms with Gasteiger partial charge in [0.1, 0.15) is 0 Å². The average Bonchev–Trinajstić information content (AvgIpc) is 3.11. The second-order valence-corrected chi connectivity index (χ2v) is 7.97. The third kappa shape index (κ3) is 3.74. The van der Waals surface area contributed by atoms with E-state index in [1.54, 1.807) is 16.9 Å². The van der Waals surface area contributed by atoms with E-state index in [0.717, 1.165) is 5.69 Å². The molecule has 2 aromatic carbocycles. The Morgan fingerprint density at radius 1 is 1.04 bits per heavy atom. The van der Waals surface area contributed by atoms with E-state index < -0.39 is 10.0 Å². The van der Waals surface area contributed by atoms with Crippen molar-refractivity contribution in [3.05, 3.63) is 78.1 Å². The van der Waals surface area contributed by atoms with Gasteiger partial charge in [0.15, 0.2) is 5.78 Å². The fourth-order valence-electron chi connectivity index (χ4n) is 2.53. The molecule has 0 amide bonds. The van der Waals surface area contributed by atoms with E-state index in [2.05, 4.69) is 5.10 Å². The normalized spacial score (nSPS) is 11.7. The number of para-hydroxylation sites is 1. The number of hydrogen-bond acceptors (Lipinski definition) is 4. The van der Waals surface area contributed by atoms with Crippen molar-refractivity contribution in [2.75, 3.05) is 7.05 Å². The van der Waals surface area contributed by atoms with Crippen molar-refractivity contribution in [1.82, 2.24) is 14.1 Å². The van der Waals surface area contributed by atoms with Gasteiger partial charge in [-0.25, -0.2) is 13.1 Å². The molecule has 7 heteroatoms. The molecule has 134 valence electrons. The summed E-state index contributed by atoms with van der Waals surface area (Å²) in [4.78, 5) is 11.5. The lowest BCUT2D eigenvalue weighted by Gasteiger charge is -2.16. The van der Waals surface area contributed by atoms with Crippen molar-refractivity contribution in [2.45, 2.75) is 18.4 Å². The molecule has 0 aliphatic heterocycles. The molecule has 0 spiro atoms. The van der Waals surface area contributed by atoms with Gasteiger partial charge in [0.25, 0.3) is 0 Å². The van der Waals surface area contributed by atoms with Crippen molar-refractivity contribution >= 4 is 15.8 Å². The molecule has 0 atom stereocenters. The summed E-state index contributed by atoms with van der Waals surface area (Å²) in [5.41, 5.74) is 2.03. The first-order valence-electron chi connectivity index (χ1n) is 8.05. The maximum absolute atomic E-state index is 12.7. The lowest BCUT2D eigenvalue weighted by Crippen LogP contribution is -2.26. The fourth-order valence-corrected chi connectivity index (χ4v) is 3.67. The molecule has 0 unspecified atom stereocenters. The molecule has 0 radical (unpaired) electrons. The highest BCUT2D eigenvalue weighted by molar-refractivity contribution is 7.89. The summed E-state index contributed by atoms with van der Waals surface area (Å²) in [7, 11) is -2.15. The van der Waals surface area contributed by atoms with Gasteiger partial charge in [-0.1, -0.05) is 30.3 Å². The largest absolute Gasteiger partial charge is 0.295 e. The summed E-state index contributed by atoms with van der Waals surface area (Å²) >= 11 is 0. The first-order chi connectivity index (χ1) is 12.4. The van der Waals surface area contributed by atoms with Crippen LogP contribution < -0.4 is 0 Å². The summed E-state index contributed by atoms with van der Waals surface area (Å²) in [5, 5.41) is 4.43. The minimum Gasteiger partial charge on any atom is -0.295 e. The highest BCUT2D eigenvalue weighted by Gasteiger charge is 2.22. The van der Waals surface area contributed by atoms with Gasteiger partial charge in [-0.05, 0) is 37.3 Å². The highest BCUT2D eigenvalue weighted by Crippen LogP contribution is 2.18. The standard InChI is InChI=1S/C19H19N3O3S/c1-15(23)16-8-10-19(11-9-16)26(24,25)21(2)14-17-12-13-22(20-17)18-6-4-3-5-7-18/h3-13H,14H2,1-2H3. The van der Waals surface area contributed by atoms with Crippen LogP contribution in [0.3, 0.4) is 0 Å². The summed E-state index contributed by atoms with van der Waals surface area (Å²) in [5.74, 6) is -0.103. The zero-order valence-electron chi connectivity index (χ0n) is 14.5. The smallest absolute Gasteiger partial charge is 0.243 e. The number of ketones is 1. The first kappa shape index (κ1) is 18.0. The van der Waals surface area contributed by atoms with Gasteiger partial charge in [-0.2, -0.15) is 9.40 Å². The minimum absolute atomic E-state index is 0.103. The molecule has 6 nitrogen and oxygen atoms in total. The second-order valence-electron chi connectivity index (χ2n) is 5.93. The summed E-state index contributed by atoms with van der Waals surface area (Å²) in [6.07, 6.45) is 1.80. The number of Topliss-reactive ketones (excluding diaryl/α,β-unsaturated/α-hetero) is 1. The number of carbonyl (C=O) groups is 1. The van der Waals surface area contributed by atoms with Gasteiger partial charge in [0, 0.05) is 18.8 Å². The van der Waals surface area contributed by atoms with E-state index >= 15 is 0 Å². The van der Waals surface area contributed by atoms with E-state index in [9.17, 15) is 13.2 Å². The second kappa shape index (κ2) is 7.23. The zero-order chi connectivity index (χ0) is 18.7. The molecule has 3 aromatic rings. The molecule has 0 bridgehead atoms. The summed E-state index contributed by atoms with van der Waals surface area (Å²) < 4.78 is 28.4. The van der Waals surface area contributed by atoms with E-state index in [1.165, 1.54) is 42.5 Å². The predicted molar refractivity (Wildman–Crippen MR) is 98.7 cm³/mol. The highest BCUT2D eigenvalue weighted by atomic mass is 32.2. The molecular formula is C19H19N3O3S. The molecule has 0 N–H and O–H groups in total. The Morgan fingerprint density at radius 3 is 2.31 bits per heavy atom. The first-order valence-corrected chi connectivity index (χ1v) is 9.49. The third-order valence-electron chi connectivity index (χ3n) is 4.02. The van der Waals surface area contributed by atoms with Crippen LogP contribution in [0.1, 0.15) is 23.0 Å². The fraction of sp³-hybridized carbons (Fsp3) is 0.158. The van der Waals surface area contributed by atoms with Crippen LogP contribution in [0.2, 0.25) is 0 Å². The monoisotopic (exact) mass is 369 g/mol. The Labute approximate surface area is 152 Å². The van der Waals surface area contributed by atoms with Gasteiger partial charge in [-0.15, -0.1) is 0 Å². The quantitative estimate of drug-likeness (QED) is 0.626.